The molecule has 28 heavy (non-hydrogen) atoms. The van der Waals surface area contributed by atoms with Crippen LogP contribution in [0.15, 0.2) is 47.6 Å². The highest BCUT2D eigenvalue weighted by Crippen LogP contribution is 2.35. The van der Waals surface area contributed by atoms with Gasteiger partial charge in [-0.05, 0) is 73.8 Å². The molecule has 0 aliphatic heterocycles. The maximum absolute atomic E-state index is 13.4. The number of allylic oxidation sites excluding steroid dienone is 4. The number of H-pyrrole nitrogens is 1. The van der Waals surface area contributed by atoms with E-state index in [0.29, 0.717) is 6.04 Å². The van der Waals surface area contributed by atoms with Gasteiger partial charge >= 0.3 is 0 Å². The van der Waals surface area contributed by atoms with Crippen LogP contribution in [0, 0.1) is 0 Å². The molecule has 3 aliphatic carbocycles. The summed E-state index contributed by atoms with van der Waals surface area (Å²) in [7, 11) is 0. The SMILES string of the molecule is O=C(c1ccc(C2=C(Cl)CCC=C2)cc1)N(C1CC1)C1CCc2[nH]ncc2C1. The molecular formula is C23H24ClN3O. The molecule has 1 saturated carbocycles. The molecule has 0 spiro atoms. The zero-order valence-corrected chi connectivity index (χ0v) is 16.6. The van der Waals surface area contributed by atoms with Gasteiger partial charge in [-0.1, -0.05) is 35.9 Å². The second kappa shape index (κ2) is 7.25. The van der Waals surface area contributed by atoms with E-state index in [2.05, 4.69) is 27.2 Å². The van der Waals surface area contributed by atoms with Crippen LogP contribution in [-0.2, 0) is 12.8 Å². The average molecular weight is 394 g/mol. The number of carbonyl (C=O) groups is 1. The summed E-state index contributed by atoms with van der Waals surface area (Å²) in [6, 6.07) is 8.63. The van der Waals surface area contributed by atoms with Crippen LogP contribution in [-0.4, -0.2) is 33.1 Å². The smallest absolute Gasteiger partial charge is 0.254 e. The molecule has 1 fully saturated rings. The van der Waals surface area contributed by atoms with E-state index >= 15 is 0 Å². The summed E-state index contributed by atoms with van der Waals surface area (Å²) in [4.78, 5) is 15.5. The second-order valence-corrected chi connectivity index (χ2v) is 8.51. The van der Waals surface area contributed by atoms with Crippen molar-refractivity contribution in [3.05, 3.63) is 70.0 Å². The third-order valence-corrected chi connectivity index (χ3v) is 6.50. The van der Waals surface area contributed by atoms with Gasteiger partial charge in [0.05, 0.1) is 6.20 Å². The Bertz CT molecular complexity index is 952. The first-order valence-electron chi connectivity index (χ1n) is 10.2. The minimum atomic E-state index is 0.158. The molecule has 1 unspecified atom stereocenters. The van der Waals surface area contributed by atoms with E-state index in [0.717, 1.165) is 66.7 Å². The van der Waals surface area contributed by atoms with Crippen LogP contribution in [0.4, 0.5) is 0 Å². The van der Waals surface area contributed by atoms with Crippen molar-refractivity contribution in [3.63, 3.8) is 0 Å². The molecule has 0 radical (unpaired) electrons. The Balaban J connectivity index is 1.38. The first kappa shape index (κ1) is 17.7. The van der Waals surface area contributed by atoms with Crippen molar-refractivity contribution in [2.24, 2.45) is 0 Å². The lowest BCUT2D eigenvalue weighted by atomic mass is 9.91. The molecule has 1 aromatic carbocycles. The average Bonchev–Trinajstić information content (AvgIpc) is 3.44. The molecule has 1 N–H and O–H groups in total. The van der Waals surface area contributed by atoms with E-state index in [1.807, 2.05) is 30.5 Å². The van der Waals surface area contributed by atoms with Gasteiger partial charge in [-0.3, -0.25) is 9.89 Å². The van der Waals surface area contributed by atoms with Gasteiger partial charge in [-0.2, -0.15) is 5.10 Å². The Morgan fingerprint density at radius 3 is 2.68 bits per heavy atom. The minimum Gasteiger partial charge on any atom is -0.332 e. The van der Waals surface area contributed by atoms with Crippen LogP contribution < -0.4 is 0 Å². The quantitative estimate of drug-likeness (QED) is 0.805. The lowest BCUT2D eigenvalue weighted by Gasteiger charge is -2.34. The Morgan fingerprint density at radius 1 is 1.11 bits per heavy atom. The zero-order chi connectivity index (χ0) is 19.1. The van der Waals surface area contributed by atoms with Crippen LogP contribution in [0.3, 0.4) is 0 Å². The summed E-state index contributed by atoms with van der Waals surface area (Å²) >= 11 is 6.40. The number of aryl methyl sites for hydroxylation is 1. The highest BCUT2D eigenvalue weighted by atomic mass is 35.5. The van der Waals surface area contributed by atoms with E-state index in [1.54, 1.807) is 0 Å². The molecule has 1 aromatic heterocycles. The Morgan fingerprint density at radius 2 is 1.93 bits per heavy atom. The predicted octanol–water partition coefficient (Wildman–Crippen LogP) is 4.87. The zero-order valence-electron chi connectivity index (χ0n) is 15.8. The standard InChI is InChI=1S/C23H24ClN3O/c24-21-4-2-1-3-20(21)15-5-7-16(8-6-15)23(28)27(18-9-10-18)19-11-12-22-17(13-19)14-25-26-22/h1,3,5-8,14,18-19H,2,4,9-13H2,(H,25,26). The van der Waals surface area contributed by atoms with Gasteiger partial charge in [-0.15, -0.1) is 0 Å². The maximum Gasteiger partial charge on any atom is 0.254 e. The number of halogens is 1. The Labute approximate surface area is 170 Å². The van der Waals surface area contributed by atoms with Crippen molar-refractivity contribution in [1.29, 1.82) is 0 Å². The maximum atomic E-state index is 13.4. The van der Waals surface area contributed by atoms with Gasteiger partial charge in [0.1, 0.15) is 0 Å². The fourth-order valence-electron chi connectivity index (χ4n) is 4.45. The number of aromatic nitrogens is 2. The fraction of sp³-hybridized carbons (Fsp3) is 0.391. The van der Waals surface area contributed by atoms with Gasteiger partial charge in [0.15, 0.2) is 0 Å². The summed E-state index contributed by atoms with van der Waals surface area (Å²) in [6.07, 6.45) is 13.2. The number of amides is 1. The molecule has 144 valence electrons. The molecule has 4 nitrogen and oxygen atoms in total. The number of hydrogen-bond acceptors (Lipinski definition) is 2. The number of nitrogens with one attached hydrogen (secondary N) is 1. The van der Waals surface area contributed by atoms with Gasteiger partial charge in [0, 0.05) is 28.4 Å². The van der Waals surface area contributed by atoms with Crippen LogP contribution in [0.25, 0.3) is 5.57 Å². The third kappa shape index (κ3) is 3.30. The number of fused-ring (bicyclic) bond motifs is 1. The highest BCUT2D eigenvalue weighted by molar-refractivity contribution is 6.33. The second-order valence-electron chi connectivity index (χ2n) is 8.05. The van der Waals surface area contributed by atoms with Crippen LogP contribution >= 0.6 is 11.6 Å². The molecule has 5 rings (SSSR count). The molecule has 1 atom stereocenters. The molecule has 2 aromatic rings. The van der Waals surface area contributed by atoms with Crippen molar-refractivity contribution in [2.75, 3.05) is 0 Å². The molecule has 1 amide bonds. The molecule has 0 saturated heterocycles. The van der Waals surface area contributed by atoms with Crippen molar-refractivity contribution < 1.29 is 4.79 Å². The number of carbonyl (C=O) groups excluding carboxylic acids is 1. The monoisotopic (exact) mass is 393 g/mol. The fourth-order valence-corrected chi connectivity index (χ4v) is 4.73. The van der Waals surface area contributed by atoms with Crippen molar-refractivity contribution >= 4 is 23.1 Å². The van der Waals surface area contributed by atoms with Gasteiger partial charge < -0.3 is 4.90 Å². The number of nitrogens with zero attached hydrogens (tertiary/aromatic N) is 2. The van der Waals surface area contributed by atoms with E-state index in [4.69, 9.17) is 11.6 Å². The van der Waals surface area contributed by atoms with E-state index in [9.17, 15) is 4.79 Å². The van der Waals surface area contributed by atoms with E-state index < -0.39 is 0 Å². The van der Waals surface area contributed by atoms with Gasteiger partial charge in [-0.25, -0.2) is 0 Å². The van der Waals surface area contributed by atoms with Crippen LogP contribution in [0.1, 0.15) is 59.3 Å². The molecule has 5 heteroatoms. The molecule has 3 aliphatic rings. The summed E-state index contributed by atoms with van der Waals surface area (Å²) < 4.78 is 0. The largest absolute Gasteiger partial charge is 0.332 e. The van der Waals surface area contributed by atoms with E-state index in [-0.39, 0.29) is 11.9 Å². The molecule has 0 bridgehead atoms. The highest BCUT2D eigenvalue weighted by Gasteiger charge is 2.39. The summed E-state index contributed by atoms with van der Waals surface area (Å²) in [5, 5.41) is 8.16. The Kier molecular flexibility index (Phi) is 4.59. The summed E-state index contributed by atoms with van der Waals surface area (Å²) in [5.74, 6) is 0.158. The predicted molar refractivity (Wildman–Crippen MR) is 111 cm³/mol. The lowest BCUT2D eigenvalue weighted by Crippen LogP contribution is -2.44. The normalized spacial score (nSPS) is 21.5. The van der Waals surface area contributed by atoms with Crippen LogP contribution in [0.5, 0.6) is 0 Å². The van der Waals surface area contributed by atoms with Gasteiger partial charge in [0.25, 0.3) is 5.91 Å². The minimum absolute atomic E-state index is 0.158. The lowest BCUT2D eigenvalue weighted by molar-refractivity contribution is 0.0643. The molecular weight excluding hydrogens is 370 g/mol. The first-order chi connectivity index (χ1) is 13.7. The number of rotatable bonds is 4. The topological polar surface area (TPSA) is 49.0 Å². The van der Waals surface area contributed by atoms with E-state index in [1.165, 1.54) is 11.3 Å². The summed E-state index contributed by atoms with van der Waals surface area (Å²) in [5.41, 5.74) is 5.41. The van der Waals surface area contributed by atoms with Gasteiger partial charge in [0.2, 0.25) is 0 Å². The van der Waals surface area contributed by atoms with Crippen molar-refractivity contribution in [2.45, 2.75) is 57.0 Å². The number of benzene rings is 1. The third-order valence-electron chi connectivity index (χ3n) is 6.11. The first-order valence-corrected chi connectivity index (χ1v) is 10.6. The Hall–Kier alpha value is -2.33. The van der Waals surface area contributed by atoms with Crippen molar-refractivity contribution in [1.82, 2.24) is 15.1 Å². The molecule has 1 heterocycles. The van der Waals surface area contributed by atoms with Crippen LogP contribution in [0.2, 0.25) is 0 Å². The van der Waals surface area contributed by atoms with Crippen molar-refractivity contribution in [3.8, 4) is 0 Å². The summed E-state index contributed by atoms with van der Waals surface area (Å²) in [6.45, 7) is 0. The number of hydrogen-bond donors (Lipinski definition) is 1. The number of aromatic amines is 1.